The first kappa shape index (κ1) is 17.0. The van der Waals surface area contributed by atoms with E-state index in [9.17, 15) is 4.79 Å². The maximum atomic E-state index is 12.3. The van der Waals surface area contributed by atoms with Crippen LogP contribution in [0.15, 0.2) is 42.5 Å². The summed E-state index contributed by atoms with van der Waals surface area (Å²) in [5.74, 6) is 2.44. The van der Waals surface area contributed by atoms with Crippen LogP contribution in [0, 0.1) is 0 Å². The van der Waals surface area contributed by atoms with Gasteiger partial charge in [-0.1, -0.05) is 0 Å². The van der Waals surface area contributed by atoms with Crippen molar-refractivity contribution in [2.45, 2.75) is 20.0 Å². The summed E-state index contributed by atoms with van der Waals surface area (Å²) in [4.78, 5) is 12.3. The van der Waals surface area contributed by atoms with Gasteiger partial charge in [-0.3, -0.25) is 4.79 Å². The average Bonchev–Trinajstić information content (AvgIpc) is 2.63. The molecule has 3 rings (SSSR count). The average molecular weight is 343 g/mol. The van der Waals surface area contributed by atoms with Gasteiger partial charge in [-0.05, 0) is 50.2 Å². The number of carbonyl (C=O) groups excluding carboxylic acids is 1. The molecule has 1 heterocycles. The number of fused-ring (bicyclic) bond motifs is 1. The maximum absolute atomic E-state index is 12.3. The van der Waals surface area contributed by atoms with Gasteiger partial charge in [0.15, 0.2) is 17.6 Å². The Kier molecular flexibility index (Phi) is 5.28. The number of amides is 1. The largest absolute Gasteiger partial charge is 0.494 e. The lowest BCUT2D eigenvalue weighted by atomic mass is 10.2. The van der Waals surface area contributed by atoms with E-state index in [1.165, 1.54) is 0 Å². The molecule has 6 nitrogen and oxygen atoms in total. The van der Waals surface area contributed by atoms with Crippen LogP contribution in [-0.2, 0) is 4.79 Å². The van der Waals surface area contributed by atoms with E-state index in [0.29, 0.717) is 42.8 Å². The summed E-state index contributed by atoms with van der Waals surface area (Å²) in [6.45, 7) is 5.26. The predicted molar refractivity (Wildman–Crippen MR) is 93.8 cm³/mol. The molecule has 2 aromatic rings. The van der Waals surface area contributed by atoms with Crippen LogP contribution in [-0.4, -0.2) is 31.8 Å². The summed E-state index contributed by atoms with van der Waals surface area (Å²) in [5, 5.41) is 2.82. The van der Waals surface area contributed by atoms with E-state index in [1.54, 1.807) is 37.3 Å². The number of hydrogen-bond donors (Lipinski definition) is 1. The van der Waals surface area contributed by atoms with Crippen molar-refractivity contribution < 1.29 is 23.7 Å². The fourth-order valence-corrected chi connectivity index (χ4v) is 2.40. The van der Waals surface area contributed by atoms with Crippen LogP contribution in [0.3, 0.4) is 0 Å². The molecule has 0 aliphatic carbocycles. The number of rotatable bonds is 6. The number of anilines is 1. The molecule has 1 aliphatic heterocycles. The maximum Gasteiger partial charge on any atom is 0.265 e. The number of hydrogen-bond acceptors (Lipinski definition) is 5. The SMILES string of the molecule is CCOc1ccc(OC(C)C(=O)Nc2ccc3c(c2)OCCO3)cc1. The highest BCUT2D eigenvalue weighted by molar-refractivity contribution is 5.94. The summed E-state index contributed by atoms with van der Waals surface area (Å²) in [5.41, 5.74) is 0.636. The van der Waals surface area contributed by atoms with E-state index in [1.807, 2.05) is 19.1 Å². The topological polar surface area (TPSA) is 66.0 Å². The Bertz CT molecular complexity index is 729. The molecule has 1 N–H and O–H groups in total. The molecule has 1 amide bonds. The fraction of sp³-hybridized carbons (Fsp3) is 0.316. The Labute approximate surface area is 146 Å². The Balaban J connectivity index is 1.58. The molecule has 1 atom stereocenters. The molecule has 2 aromatic carbocycles. The molecular weight excluding hydrogens is 322 g/mol. The van der Waals surface area contributed by atoms with E-state index in [4.69, 9.17) is 18.9 Å². The molecule has 6 heteroatoms. The van der Waals surface area contributed by atoms with Gasteiger partial charge in [0.05, 0.1) is 6.61 Å². The minimum Gasteiger partial charge on any atom is -0.494 e. The Hall–Kier alpha value is -2.89. The molecule has 1 aliphatic rings. The minimum atomic E-state index is -0.647. The minimum absolute atomic E-state index is 0.245. The Morgan fingerprint density at radius 1 is 1.08 bits per heavy atom. The van der Waals surface area contributed by atoms with Crippen LogP contribution < -0.4 is 24.3 Å². The lowest BCUT2D eigenvalue weighted by Gasteiger charge is -2.19. The summed E-state index contributed by atoms with van der Waals surface area (Å²) in [6.07, 6.45) is -0.647. The highest BCUT2D eigenvalue weighted by Crippen LogP contribution is 2.32. The second kappa shape index (κ2) is 7.79. The van der Waals surface area contributed by atoms with Crippen molar-refractivity contribution in [2.24, 2.45) is 0 Å². The number of nitrogens with one attached hydrogen (secondary N) is 1. The van der Waals surface area contributed by atoms with E-state index in [-0.39, 0.29) is 5.91 Å². The molecule has 0 spiro atoms. The van der Waals surface area contributed by atoms with Gasteiger partial charge < -0.3 is 24.3 Å². The van der Waals surface area contributed by atoms with Crippen LogP contribution >= 0.6 is 0 Å². The zero-order valence-electron chi connectivity index (χ0n) is 14.3. The predicted octanol–water partition coefficient (Wildman–Crippen LogP) is 3.26. The van der Waals surface area contributed by atoms with Gasteiger partial charge >= 0.3 is 0 Å². The van der Waals surface area contributed by atoms with Crippen molar-refractivity contribution in [1.29, 1.82) is 0 Å². The van der Waals surface area contributed by atoms with Crippen LogP contribution in [0.1, 0.15) is 13.8 Å². The smallest absolute Gasteiger partial charge is 0.265 e. The monoisotopic (exact) mass is 343 g/mol. The van der Waals surface area contributed by atoms with Crippen molar-refractivity contribution in [3.63, 3.8) is 0 Å². The first-order valence-electron chi connectivity index (χ1n) is 8.25. The molecule has 0 aromatic heterocycles. The molecule has 132 valence electrons. The van der Waals surface area contributed by atoms with Crippen molar-refractivity contribution in [2.75, 3.05) is 25.1 Å². The molecule has 0 radical (unpaired) electrons. The van der Waals surface area contributed by atoms with Gasteiger partial charge in [0.2, 0.25) is 0 Å². The summed E-state index contributed by atoms with van der Waals surface area (Å²) in [7, 11) is 0. The lowest BCUT2D eigenvalue weighted by Crippen LogP contribution is -2.30. The van der Waals surface area contributed by atoms with Crippen molar-refractivity contribution >= 4 is 11.6 Å². The third-order valence-corrected chi connectivity index (χ3v) is 3.63. The van der Waals surface area contributed by atoms with Gasteiger partial charge in [0.25, 0.3) is 5.91 Å². The van der Waals surface area contributed by atoms with E-state index >= 15 is 0 Å². The van der Waals surface area contributed by atoms with Crippen molar-refractivity contribution in [1.82, 2.24) is 0 Å². The highest BCUT2D eigenvalue weighted by Gasteiger charge is 2.17. The molecule has 0 fully saturated rings. The van der Waals surface area contributed by atoms with Crippen molar-refractivity contribution in [3.05, 3.63) is 42.5 Å². The molecule has 1 unspecified atom stereocenters. The molecule has 0 saturated carbocycles. The first-order chi connectivity index (χ1) is 12.2. The Morgan fingerprint density at radius 3 is 2.48 bits per heavy atom. The summed E-state index contributed by atoms with van der Waals surface area (Å²) >= 11 is 0. The highest BCUT2D eigenvalue weighted by atomic mass is 16.6. The summed E-state index contributed by atoms with van der Waals surface area (Å²) in [6, 6.07) is 12.5. The van der Waals surface area contributed by atoms with Crippen LogP contribution in [0.4, 0.5) is 5.69 Å². The number of carbonyl (C=O) groups is 1. The van der Waals surface area contributed by atoms with Gasteiger partial charge in [0, 0.05) is 11.8 Å². The third-order valence-electron chi connectivity index (χ3n) is 3.63. The number of benzene rings is 2. The van der Waals surface area contributed by atoms with E-state index in [0.717, 1.165) is 5.75 Å². The van der Waals surface area contributed by atoms with Crippen LogP contribution in [0.5, 0.6) is 23.0 Å². The zero-order valence-corrected chi connectivity index (χ0v) is 14.3. The molecule has 25 heavy (non-hydrogen) atoms. The first-order valence-corrected chi connectivity index (χ1v) is 8.25. The lowest BCUT2D eigenvalue weighted by molar-refractivity contribution is -0.122. The molecule has 0 saturated heterocycles. The van der Waals surface area contributed by atoms with Gasteiger partial charge in [-0.25, -0.2) is 0 Å². The molecule has 0 bridgehead atoms. The summed E-state index contributed by atoms with van der Waals surface area (Å²) < 4.78 is 22.0. The Morgan fingerprint density at radius 2 is 1.76 bits per heavy atom. The van der Waals surface area contributed by atoms with Gasteiger partial charge in [0.1, 0.15) is 24.7 Å². The quantitative estimate of drug-likeness (QED) is 0.872. The van der Waals surface area contributed by atoms with E-state index in [2.05, 4.69) is 5.32 Å². The van der Waals surface area contributed by atoms with Gasteiger partial charge in [-0.15, -0.1) is 0 Å². The fourth-order valence-electron chi connectivity index (χ4n) is 2.40. The van der Waals surface area contributed by atoms with Gasteiger partial charge in [-0.2, -0.15) is 0 Å². The second-order valence-electron chi connectivity index (χ2n) is 5.51. The standard InChI is InChI=1S/C19H21NO5/c1-3-22-15-5-7-16(8-6-15)25-13(2)19(21)20-14-4-9-17-18(12-14)24-11-10-23-17/h4-9,12-13H,3,10-11H2,1-2H3,(H,20,21). The zero-order chi connectivity index (χ0) is 17.6. The van der Waals surface area contributed by atoms with Crippen LogP contribution in [0.25, 0.3) is 0 Å². The van der Waals surface area contributed by atoms with Crippen LogP contribution in [0.2, 0.25) is 0 Å². The molecular formula is C19H21NO5. The second-order valence-corrected chi connectivity index (χ2v) is 5.51. The number of ether oxygens (including phenoxy) is 4. The van der Waals surface area contributed by atoms with Crippen molar-refractivity contribution in [3.8, 4) is 23.0 Å². The normalized spacial score (nSPS) is 13.7. The third kappa shape index (κ3) is 4.35. The van der Waals surface area contributed by atoms with E-state index < -0.39 is 6.10 Å².